The molecule has 0 aromatic heterocycles. The Morgan fingerprint density at radius 3 is 2.65 bits per heavy atom. The molecule has 0 aliphatic carbocycles. The predicted molar refractivity (Wildman–Crippen MR) is 97.6 cm³/mol. The normalized spacial score (nSPS) is 29.3. The minimum Gasteiger partial charge on any atom is -0.396 e. The molecule has 144 valence electrons. The third-order valence-corrected chi connectivity index (χ3v) is 5.30. The fraction of sp³-hybridized carbons (Fsp3) is 0.632. The van der Waals surface area contributed by atoms with E-state index in [0.29, 0.717) is 31.0 Å². The summed E-state index contributed by atoms with van der Waals surface area (Å²) in [5.74, 6) is 0.244. The highest BCUT2D eigenvalue weighted by Crippen LogP contribution is 2.27. The largest absolute Gasteiger partial charge is 0.396 e. The van der Waals surface area contributed by atoms with Gasteiger partial charge in [0.05, 0.1) is 6.04 Å². The number of aliphatic hydroxyl groups excluding tert-OH is 1. The van der Waals surface area contributed by atoms with Crippen molar-refractivity contribution in [2.24, 2.45) is 11.8 Å². The smallest absolute Gasteiger partial charge is 0.241 e. The van der Waals surface area contributed by atoms with Crippen LogP contribution in [0.1, 0.15) is 24.4 Å². The van der Waals surface area contributed by atoms with E-state index in [2.05, 4.69) is 15.8 Å². The van der Waals surface area contributed by atoms with Crippen LogP contribution in [-0.4, -0.2) is 67.2 Å². The van der Waals surface area contributed by atoms with Gasteiger partial charge in [-0.2, -0.15) is 0 Å². The lowest BCUT2D eigenvalue weighted by Gasteiger charge is -2.39. The third-order valence-electron chi connectivity index (χ3n) is 5.30. The van der Waals surface area contributed by atoms with Crippen molar-refractivity contribution in [3.63, 3.8) is 0 Å². The van der Waals surface area contributed by atoms with Crippen molar-refractivity contribution < 1.29 is 14.3 Å². The molecule has 1 aromatic rings. The standard InChI is InChI=1S/C19H29FN4O2/c1-23(2)9-13-7-14(12-25)11-24(10-13)19(26)18-8-17(21-22-18)15-5-3-4-6-16(15)20/h3-6,13-14,17-18,21-22,25H,7-12H2,1-2H3/t13-,14-,17?,18?/m0/s1. The van der Waals surface area contributed by atoms with E-state index in [1.54, 1.807) is 18.2 Å². The second-order valence-electron chi connectivity index (χ2n) is 7.81. The van der Waals surface area contributed by atoms with Gasteiger partial charge in [0.15, 0.2) is 0 Å². The molecule has 1 amide bonds. The number of hydrogen-bond acceptors (Lipinski definition) is 5. The zero-order valence-electron chi connectivity index (χ0n) is 15.5. The quantitative estimate of drug-likeness (QED) is 0.720. The lowest BCUT2D eigenvalue weighted by molar-refractivity contribution is -0.136. The first-order valence-electron chi connectivity index (χ1n) is 9.27. The van der Waals surface area contributed by atoms with E-state index in [4.69, 9.17) is 0 Å². The first-order valence-corrected chi connectivity index (χ1v) is 9.27. The zero-order chi connectivity index (χ0) is 18.7. The minimum absolute atomic E-state index is 0.0262. The maximum atomic E-state index is 14.0. The summed E-state index contributed by atoms with van der Waals surface area (Å²) in [6, 6.07) is 6.05. The summed E-state index contributed by atoms with van der Waals surface area (Å²) in [6.07, 6.45) is 1.45. The van der Waals surface area contributed by atoms with Crippen molar-refractivity contribution in [3.05, 3.63) is 35.6 Å². The summed E-state index contributed by atoms with van der Waals surface area (Å²) >= 11 is 0. The van der Waals surface area contributed by atoms with Gasteiger partial charge in [0.25, 0.3) is 0 Å². The SMILES string of the molecule is CN(C)C[C@@H]1C[C@H](CO)CN(C(=O)C2CC(c3ccccc3F)NN2)C1. The molecule has 2 unspecified atom stereocenters. The molecule has 4 atom stereocenters. The van der Waals surface area contributed by atoms with Gasteiger partial charge in [0.2, 0.25) is 5.91 Å². The van der Waals surface area contributed by atoms with Crippen LogP contribution in [0.2, 0.25) is 0 Å². The van der Waals surface area contributed by atoms with Crippen molar-refractivity contribution in [1.29, 1.82) is 0 Å². The third kappa shape index (κ3) is 4.40. The molecule has 1 aromatic carbocycles. The molecule has 2 saturated heterocycles. The van der Waals surface area contributed by atoms with E-state index < -0.39 is 0 Å². The molecule has 3 N–H and O–H groups in total. The van der Waals surface area contributed by atoms with Gasteiger partial charge in [-0.05, 0) is 44.8 Å². The second-order valence-corrected chi connectivity index (χ2v) is 7.81. The van der Waals surface area contributed by atoms with Gasteiger partial charge in [0, 0.05) is 31.8 Å². The molecule has 0 radical (unpaired) electrons. The Labute approximate surface area is 154 Å². The number of nitrogens with zero attached hydrogens (tertiary/aromatic N) is 2. The van der Waals surface area contributed by atoms with Gasteiger partial charge in [0.1, 0.15) is 11.9 Å². The number of carbonyl (C=O) groups is 1. The van der Waals surface area contributed by atoms with Gasteiger partial charge >= 0.3 is 0 Å². The summed E-state index contributed by atoms with van der Waals surface area (Å²) in [7, 11) is 4.05. The molecular formula is C19H29FN4O2. The minimum atomic E-state index is -0.378. The van der Waals surface area contributed by atoms with Crippen LogP contribution in [0.3, 0.4) is 0 Å². The lowest BCUT2D eigenvalue weighted by Crippen LogP contribution is -2.52. The Kier molecular flexibility index (Phi) is 6.24. The summed E-state index contributed by atoms with van der Waals surface area (Å²) < 4.78 is 14.0. The lowest BCUT2D eigenvalue weighted by atomic mass is 9.88. The van der Waals surface area contributed by atoms with E-state index >= 15 is 0 Å². The number of rotatable bonds is 5. The molecule has 26 heavy (non-hydrogen) atoms. The number of aliphatic hydroxyl groups is 1. The number of hydrazine groups is 1. The fourth-order valence-electron chi connectivity index (χ4n) is 4.18. The Morgan fingerprint density at radius 2 is 1.96 bits per heavy atom. The topological polar surface area (TPSA) is 67.8 Å². The van der Waals surface area contributed by atoms with E-state index in [9.17, 15) is 14.3 Å². The van der Waals surface area contributed by atoms with Gasteiger partial charge in [-0.3, -0.25) is 4.79 Å². The monoisotopic (exact) mass is 364 g/mol. The molecule has 7 heteroatoms. The average Bonchev–Trinajstić information content (AvgIpc) is 3.10. The predicted octanol–water partition coefficient (Wildman–Crippen LogP) is 0.752. The number of hydrogen-bond donors (Lipinski definition) is 3. The summed E-state index contributed by atoms with van der Waals surface area (Å²) in [4.78, 5) is 17.0. The molecule has 6 nitrogen and oxygen atoms in total. The van der Waals surface area contributed by atoms with Gasteiger partial charge in [-0.1, -0.05) is 18.2 Å². The number of amides is 1. The zero-order valence-corrected chi connectivity index (χ0v) is 15.5. The number of carbonyl (C=O) groups excluding carboxylic acids is 1. The molecule has 2 aliphatic rings. The molecular weight excluding hydrogens is 335 g/mol. The van der Waals surface area contributed by atoms with Crippen LogP contribution in [0.25, 0.3) is 0 Å². The first-order chi connectivity index (χ1) is 12.5. The van der Waals surface area contributed by atoms with Gasteiger partial charge in [-0.15, -0.1) is 0 Å². The number of halogens is 1. The fourth-order valence-corrected chi connectivity index (χ4v) is 4.18. The summed E-state index contributed by atoms with van der Waals surface area (Å²) in [5.41, 5.74) is 6.67. The molecule has 0 bridgehead atoms. The Hall–Kier alpha value is -1.54. The molecule has 2 aliphatic heterocycles. The van der Waals surface area contributed by atoms with Crippen molar-refractivity contribution in [3.8, 4) is 0 Å². The highest BCUT2D eigenvalue weighted by molar-refractivity contribution is 5.82. The van der Waals surface area contributed by atoms with Crippen LogP contribution in [0.15, 0.2) is 24.3 Å². The van der Waals surface area contributed by atoms with E-state index in [0.717, 1.165) is 13.0 Å². The van der Waals surface area contributed by atoms with E-state index in [1.807, 2.05) is 19.0 Å². The van der Waals surface area contributed by atoms with E-state index in [-0.39, 0.29) is 36.3 Å². The number of benzene rings is 1. The second kappa shape index (κ2) is 8.43. The van der Waals surface area contributed by atoms with Crippen molar-refractivity contribution in [2.45, 2.75) is 24.9 Å². The molecule has 3 rings (SSSR count). The van der Waals surface area contributed by atoms with Crippen molar-refractivity contribution >= 4 is 5.91 Å². The van der Waals surface area contributed by atoms with Gasteiger partial charge in [-0.25, -0.2) is 15.2 Å². The van der Waals surface area contributed by atoms with Crippen molar-refractivity contribution in [1.82, 2.24) is 20.7 Å². The Morgan fingerprint density at radius 1 is 1.23 bits per heavy atom. The van der Waals surface area contributed by atoms with Crippen LogP contribution < -0.4 is 10.9 Å². The first kappa shape index (κ1) is 19.2. The van der Waals surface area contributed by atoms with Crippen LogP contribution in [0.5, 0.6) is 0 Å². The van der Waals surface area contributed by atoms with Gasteiger partial charge < -0.3 is 14.9 Å². The highest BCUT2D eigenvalue weighted by atomic mass is 19.1. The average molecular weight is 364 g/mol. The van der Waals surface area contributed by atoms with Crippen molar-refractivity contribution in [2.75, 3.05) is 40.3 Å². The maximum Gasteiger partial charge on any atom is 0.241 e. The summed E-state index contributed by atoms with van der Waals surface area (Å²) in [6.45, 7) is 2.29. The molecule has 0 saturated carbocycles. The maximum absolute atomic E-state index is 14.0. The van der Waals surface area contributed by atoms with Crippen LogP contribution in [0.4, 0.5) is 4.39 Å². The number of piperidine rings is 1. The Bertz CT molecular complexity index is 627. The van der Waals surface area contributed by atoms with Crippen LogP contribution in [-0.2, 0) is 4.79 Å². The highest BCUT2D eigenvalue weighted by Gasteiger charge is 2.37. The molecule has 2 heterocycles. The summed E-state index contributed by atoms with van der Waals surface area (Å²) in [5, 5.41) is 9.61. The van der Waals surface area contributed by atoms with Crippen LogP contribution in [0, 0.1) is 17.7 Å². The van der Waals surface area contributed by atoms with Crippen LogP contribution >= 0.6 is 0 Å². The number of likely N-dealkylation sites (tertiary alicyclic amines) is 1. The molecule has 2 fully saturated rings. The number of nitrogens with one attached hydrogen (secondary N) is 2. The molecule has 0 spiro atoms. The van der Waals surface area contributed by atoms with E-state index in [1.165, 1.54) is 6.07 Å². The Balaban J connectivity index is 1.64.